The van der Waals surface area contributed by atoms with E-state index in [1.54, 1.807) is 6.07 Å². The molecule has 4 nitrogen and oxygen atoms in total. The van der Waals surface area contributed by atoms with Crippen LogP contribution in [0.25, 0.3) is 0 Å². The minimum Gasteiger partial charge on any atom is -0.479 e. The Labute approximate surface area is 124 Å². The van der Waals surface area contributed by atoms with E-state index in [-0.39, 0.29) is 11.8 Å². The molecule has 2 fully saturated rings. The topological polar surface area (TPSA) is 66.4 Å². The molecule has 0 aromatic heterocycles. The molecule has 0 heterocycles. The molecule has 0 saturated heterocycles. The van der Waals surface area contributed by atoms with Gasteiger partial charge in [0.15, 0.2) is 6.04 Å². The van der Waals surface area contributed by atoms with Gasteiger partial charge in [-0.05, 0) is 61.6 Å². The van der Waals surface area contributed by atoms with Crippen molar-refractivity contribution < 1.29 is 14.7 Å². The van der Waals surface area contributed by atoms with Crippen LogP contribution in [0.1, 0.15) is 42.0 Å². The predicted octanol–water partition coefficient (Wildman–Crippen LogP) is 2.59. The maximum Gasteiger partial charge on any atom is 0.330 e. The lowest BCUT2D eigenvalue weighted by Crippen LogP contribution is -2.35. The molecule has 2 aliphatic rings. The first-order valence-electron chi connectivity index (χ1n) is 7.57. The summed E-state index contributed by atoms with van der Waals surface area (Å²) in [7, 11) is 0. The summed E-state index contributed by atoms with van der Waals surface area (Å²) in [5.74, 6) is 0.142. The zero-order chi connectivity index (χ0) is 15.1. The van der Waals surface area contributed by atoms with Crippen molar-refractivity contribution in [3.05, 3.63) is 34.9 Å². The molecule has 112 valence electrons. The fourth-order valence-electron chi connectivity index (χ4n) is 3.04. The quantitative estimate of drug-likeness (QED) is 0.874. The van der Waals surface area contributed by atoms with E-state index in [1.165, 1.54) is 12.8 Å². The van der Waals surface area contributed by atoms with Gasteiger partial charge < -0.3 is 10.4 Å². The number of aliphatic carboxylic acids is 1. The lowest BCUT2D eigenvalue weighted by molar-refractivity contribution is -0.142. The molecule has 1 aromatic carbocycles. The zero-order valence-electron chi connectivity index (χ0n) is 12.4. The van der Waals surface area contributed by atoms with Gasteiger partial charge in [0.25, 0.3) is 0 Å². The first kappa shape index (κ1) is 14.1. The van der Waals surface area contributed by atoms with E-state index in [0.29, 0.717) is 17.4 Å². The first-order valence-corrected chi connectivity index (χ1v) is 7.57. The summed E-state index contributed by atoms with van der Waals surface area (Å²) in [6.07, 6.45) is 3.39. The van der Waals surface area contributed by atoms with Crippen LogP contribution in [0.3, 0.4) is 0 Å². The highest BCUT2D eigenvalue weighted by Crippen LogP contribution is 2.54. The van der Waals surface area contributed by atoms with Gasteiger partial charge in [-0.25, -0.2) is 4.79 Å². The van der Waals surface area contributed by atoms with Crippen LogP contribution in [-0.2, 0) is 9.59 Å². The van der Waals surface area contributed by atoms with Gasteiger partial charge in [0.2, 0.25) is 5.91 Å². The van der Waals surface area contributed by atoms with Crippen molar-refractivity contribution in [3.8, 4) is 0 Å². The molecule has 1 amide bonds. The van der Waals surface area contributed by atoms with Crippen molar-refractivity contribution >= 4 is 11.9 Å². The fourth-order valence-corrected chi connectivity index (χ4v) is 3.04. The Kier molecular flexibility index (Phi) is 3.47. The van der Waals surface area contributed by atoms with Gasteiger partial charge in [0.05, 0.1) is 0 Å². The second-order valence-electron chi connectivity index (χ2n) is 6.47. The van der Waals surface area contributed by atoms with Crippen molar-refractivity contribution in [1.29, 1.82) is 0 Å². The molecule has 21 heavy (non-hydrogen) atoms. The number of nitrogens with one attached hydrogen (secondary N) is 1. The number of carboxylic acids is 1. The number of aryl methyl sites for hydroxylation is 2. The molecule has 2 N–H and O–H groups in total. The molecule has 2 saturated carbocycles. The van der Waals surface area contributed by atoms with Crippen molar-refractivity contribution in [2.45, 2.75) is 39.2 Å². The highest BCUT2D eigenvalue weighted by Gasteiger charge is 2.51. The van der Waals surface area contributed by atoms with Crippen LogP contribution in [0.15, 0.2) is 18.2 Å². The van der Waals surface area contributed by atoms with E-state index in [4.69, 9.17) is 0 Å². The Morgan fingerprint density at radius 3 is 2.52 bits per heavy atom. The number of hydrogen-bond acceptors (Lipinski definition) is 2. The van der Waals surface area contributed by atoms with Crippen molar-refractivity contribution in [2.24, 2.45) is 17.8 Å². The van der Waals surface area contributed by atoms with Crippen LogP contribution in [-0.4, -0.2) is 17.0 Å². The van der Waals surface area contributed by atoms with Crippen LogP contribution in [0.5, 0.6) is 0 Å². The van der Waals surface area contributed by atoms with Gasteiger partial charge in [0, 0.05) is 5.92 Å². The van der Waals surface area contributed by atoms with Crippen LogP contribution in [0.2, 0.25) is 0 Å². The summed E-state index contributed by atoms with van der Waals surface area (Å²) < 4.78 is 0. The number of carbonyl (C=O) groups excluding carboxylic acids is 1. The number of benzene rings is 1. The maximum atomic E-state index is 12.2. The Bertz CT molecular complexity index is 592. The molecule has 4 heteroatoms. The van der Waals surface area contributed by atoms with Crippen LogP contribution in [0.4, 0.5) is 0 Å². The predicted molar refractivity (Wildman–Crippen MR) is 78.8 cm³/mol. The van der Waals surface area contributed by atoms with Crippen molar-refractivity contribution in [1.82, 2.24) is 5.32 Å². The SMILES string of the molecule is Cc1ccc(C(NC(=O)C2CC2C2CC2)C(=O)O)cc1C. The van der Waals surface area contributed by atoms with Gasteiger partial charge in [-0.2, -0.15) is 0 Å². The summed E-state index contributed by atoms with van der Waals surface area (Å²) in [5, 5.41) is 12.1. The number of carbonyl (C=O) groups is 2. The minimum atomic E-state index is -1.00. The summed E-state index contributed by atoms with van der Waals surface area (Å²) in [6.45, 7) is 3.93. The summed E-state index contributed by atoms with van der Waals surface area (Å²) in [4.78, 5) is 23.7. The van der Waals surface area contributed by atoms with Crippen LogP contribution >= 0.6 is 0 Å². The zero-order valence-corrected chi connectivity index (χ0v) is 12.4. The molecule has 2 aliphatic carbocycles. The summed E-state index contributed by atoms with van der Waals surface area (Å²) in [6, 6.07) is 4.58. The highest BCUT2D eigenvalue weighted by molar-refractivity contribution is 5.87. The van der Waals surface area contributed by atoms with E-state index in [0.717, 1.165) is 17.5 Å². The molecule has 0 aliphatic heterocycles. The molecule has 3 atom stereocenters. The van der Waals surface area contributed by atoms with Crippen molar-refractivity contribution in [2.75, 3.05) is 0 Å². The Morgan fingerprint density at radius 1 is 1.24 bits per heavy atom. The summed E-state index contributed by atoms with van der Waals surface area (Å²) in [5.41, 5.74) is 2.79. The smallest absolute Gasteiger partial charge is 0.330 e. The van der Waals surface area contributed by atoms with Gasteiger partial charge in [-0.15, -0.1) is 0 Å². The number of hydrogen-bond donors (Lipinski definition) is 2. The second-order valence-corrected chi connectivity index (χ2v) is 6.47. The van der Waals surface area contributed by atoms with Crippen LogP contribution in [0, 0.1) is 31.6 Å². The summed E-state index contributed by atoms with van der Waals surface area (Å²) >= 11 is 0. The van der Waals surface area contributed by atoms with Gasteiger partial charge in [-0.3, -0.25) is 4.79 Å². The van der Waals surface area contributed by atoms with Gasteiger partial charge in [-0.1, -0.05) is 18.2 Å². The number of rotatable bonds is 5. The Balaban J connectivity index is 1.70. The third-order valence-electron chi connectivity index (χ3n) is 4.80. The molecule has 0 spiro atoms. The maximum absolute atomic E-state index is 12.2. The molecular weight excluding hydrogens is 266 g/mol. The lowest BCUT2D eigenvalue weighted by atomic mass is 10.0. The van der Waals surface area contributed by atoms with Crippen molar-refractivity contribution in [3.63, 3.8) is 0 Å². The third kappa shape index (κ3) is 2.94. The largest absolute Gasteiger partial charge is 0.479 e. The Morgan fingerprint density at radius 2 is 1.95 bits per heavy atom. The lowest BCUT2D eigenvalue weighted by Gasteiger charge is -2.16. The molecular formula is C17H21NO3. The second kappa shape index (κ2) is 5.17. The molecule has 1 aromatic rings. The average Bonchev–Trinajstić information content (AvgIpc) is 3.27. The van der Waals surface area contributed by atoms with E-state index in [2.05, 4.69) is 5.32 Å². The fraction of sp³-hybridized carbons (Fsp3) is 0.529. The minimum absolute atomic E-state index is 0.0332. The molecule has 0 bridgehead atoms. The normalized spacial score (nSPS) is 25.2. The molecule has 0 radical (unpaired) electrons. The van der Waals surface area contributed by atoms with E-state index < -0.39 is 12.0 Å². The standard InChI is InChI=1S/C17H21NO3/c1-9-3-4-12(7-10(9)2)15(17(20)21)18-16(19)14-8-13(14)11-5-6-11/h3-4,7,11,13-15H,5-6,8H2,1-2H3,(H,18,19)(H,20,21). The Hall–Kier alpha value is -1.84. The third-order valence-corrected chi connectivity index (χ3v) is 4.80. The average molecular weight is 287 g/mol. The molecule has 3 rings (SSSR count). The van der Waals surface area contributed by atoms with Gasteiger partial charge in [0.1, 0.15) is 0 Å². The number of carboxylic acid groups (broad SMARTS) is 1. The first-order chi connectivity index (χ1) is 9.97. The highest BCUT2D eigenvalue weighted by atomic mass is 16.4. The monoisotopic (exact) mass is 287 g/mol. The van der Waals surface area contributed by atoms with E-state index >= 15 is 0 Å². The van der Waals surface area contributed by atoms with E-state index in [1.807, 2.05) is 26.0 Å². The van der Waals surface area contributed by atoms with Crippen LogP contribution < -0.4 is 5.32 Å². The van der Waals surface area contributed by atoms with Gasteiger partial charge >= 0.3 is 5.97 Å². The molecule has 3 unspecified atom stereocenters. The number of amides is 1. The van der Waals surface area contributed by atoms with E-state index in [9.17, 15) is 14.7 Å².